The Balaban J connectivity index is 2.49. The Hall–Kier alpha value is -2.37. The fourth-order valence-corrected chi connectivity index (χ4v) is 2.09. The van der Waals surface area contributed by atoms with Gasteiger partial charge < -0.3 is 14.9 Å². The van der Waals surface area contributed by atoms with E-state index in [1.165, 1.54) is 24.0 Å². The predicted octanol–water partition coefficient (Wildman–Crippen LogP) is 0.757. The number of benzene rings is 1. The summed E-state index contributed by atoms with van der Waals surface area (Å²) >= 11 is 0. The van der Waals surface area contributed by atoms with Gasteiger partial charge in [-0.1, -0.05) is 0 Å². The standard InChI is InChI=1S/C13H14N2O4/c1-8(16)6-15-7-12(17)14(2)11-5-9(13(18)19)3-4-10(11)15/h3-5H,6-7H2,1-2H3,(H,18,19). The van der Waals surface area contributed by atoms with E-state index in [1.807, 2.05) is 0 Å². The lowest BCUT2D eigenvalue weighted by atomic mass is 10.1. The number of hydrogen-bond acceptors (Lipinski definition) is 4. The van der Waals surface area contributed by atoms with Crippen molar-refractivity contribution < 1.29 is 19.5 Å². The summed E-state index contributed by atoms with van der Waals surface area (Å²) in [5, 5.41) is 8.98. The molecule has 0 radical (unpaired) electrons. The van der Waals surface area contributed by atoms with Crippen molar-refractivity contribution >= 4 is 29.0 Å². The van der Waals surface area contributed by atoms with Gasteiger partial charge in [0.25, 0.3) is 0 Å². The summed E-state index contributed by atoms with van der Waals surface area (Å²) in [5.41, 5.74) is 1.32. The van der Waals surface area contributed by atoms with E-state index >= 15 is 0 Å². The second-order valence-corrected chi connectivity index (χ2v) is 4.52. The molecule has 0 atom stereocenters. The monoisotopic (exact) mass is 262 g/mol. The van der Waals surface area contributed by atoms with Crippen molar-refractivity contribution in [2.24, 2.45) is 0 Å². The number of anilines is 2. The number of nitrogens with zero attached hydrogens (tertiary/aromatic N) is 2. The van der Waals surface area contributed by atoms with Crippen molar-refractivity contribution in [1.82, 2.24) is 0 Å². The maximum atomic E-state index is 11.9. The normalized spacial score (nSPS) is 14.3. The van der Waals surface area contributed by atoms with Gasteiger partial charge in [0.05, 0.1) is 30.0 Å². The van der Waals surface area contributed by atoms with Crippen LogP contribution in [0.15, 0.2) is 18.2 Å². The van der Waals surface area contributed by atoms with Gasteiger partial charge in [-0.2, -0.15) is 0 Å². The molecule has 0 bridgehead atoms. The van der Waals surface area contributed by atoms with Crippen LogP contribution >= 0.6 is 0 Å². The molecule has 19 heavy (non-hydrogen) atoms. The van der Waals surface area contributed by atoms with E-state index in [0.29, 0.717) is 11.4 Å². The van der Waals surface area contributed by atoms with Crippen molar-refractivity contribution in [3.05, 3.63) is 23.8 Å². The SMILES string of the molecule is CC(=O)CN1CC(=O)N(C)c2cc(C(=O)O)ccc21. The predicted molar refractivity (Wildman–Crippen MR) is 69.7 cm³/mol. The number of ketones is 1. The molecule has 1 N–H and O–H groups in total. The third kappa shape index (κ3) is 2.42. The number of fused-ring (bicyclic) bond motifs is 1. The van der Waals surface area contributed by atoms with Gasteiger partial charge in [-0.15, -0.1) is 0 Å². The molecule has 0 saturated carbocycles. The van der Waals surface area contributed by atoms with Crippen LogP contribution < -0.4 is 9.80 Å². The number of Topliss-reactive ketones (excluding diaryl/α,β-unsaturated/α-hetero) is 1. The lowest BCUT2D eigenvalue weighted by molar-refractivity contribution is -0.117. The Bertz CT molecular complexity index is 568. The molecule has 0 aromatic heterocycles. The highest BCUT2D eigenvalue weighted by molar-refractivity contribution is 6.05. The van der Waals surface area contributed by atoms with E-state index in [1.54, 1.807) is 18.0 Å². The Morgan fingerprint density at radius 3 is 2.58 bits per heavy atom. The first-order valence-electron chi connectivity index (χ1n) is 5.78. The van der Waals surface area contributed by atoms with E-state index in [-0.39, 0.29) is 30.3 Å². The van der Waals surface area contributed by atoms with Gasteiger partial charge in [0.15, 0.2) is 0 Å². The van der Waals surface area contributed by atoms with Gasteiger partial charge in [-0.3, -0.25) is 9.59 Å². The van der Waals surface area contributed by atoms with E-state index in [2.05, 4.69) is 0 Å². The van der Waals surface area contributed by atoms with E-state index in [4.69, 9.17) is 5.11 Å². The van der Waals surface area contributed by atoms with Crippen molar-refractivity contribution in [3.8, 4) is 0 Å². The van der Waals surface area contributed by atoms with Crippen LogP contribution in [-0.2, 0) is 9.59 Å². The molecule has 1 aliphatic heterocycles. The second-order valence-electron chi connectivity index (χ2n) is 4.52. The quantitative estimate of drug-likeness (QED) is 0.870. The van der Waals surface area contributed by atoms with Crippen LogP contribution in [0.4, 0.5) is 11.4 Å². The fraction of sp³-hybridized carbons (Fsp3) is 0.308. The van der Waals surface area contributed by atoms with Crippen LogP contribution in [0.2, 0.25) is 0 Å². The van der Waals surface area contributed by atoms with Crippen LogP contribution in [0.3, 0.4) is 0 Å². The van der Waals surface area contributed by atoms with E-state index in [0.717, 1.165) is 0 Å². The molecule has 0 unspecified atom stereocenters. The maximum absolute atomic E-state index is 11.9. The molecule has 1 amide bonds. The third-order valence-electron chi connectivity index (χ3n) is 3.04. The Morgan fingerprint density at radius 2 is 2.00 bits per heavy atom. The topological polar surface area (TPSA) is 77.9 Å². The Labute approximate surface area is 110 Å². The first kappa shape index (κ1) is 13.1. The summed E-state index contributed by atoms with van der Waals surface area (Å²) in [6, 6.07) is 4.55. The highest BCUT2D eigenvalue weighted by Crippen LogP contribution is 2.33. The number of carboxylic acid groups (broad SMARTS) is 1. The number of likely N-dealkylation sites (N-methyl/N-ethyl adjacent to an activating group) is 1. The molecule has 2 rings (SSSR count). The molecule has 0 spiro atoms. The summed E-state index contributed by atoms with van der Waals surface area (Å²) < 4.78 is 0. The average Bonchev–Trinajstić information content (AvgIpc) is 2.34. The first-order chi connectivity index (χ1) is 8.90. The molecule has 0 saturated heterocycles. The molecule has 1 aromatic rings. The number of amides is 1. The molecular formula is C13H14N2O4. The third-order valence-corrected chi connectivity index (χ3v) is 3.04. The molecule has 0 fully saturated rings. The second kappa shape index (κ2) is 4.72. The fourth-order valence-electron chi connectivity index (χ4n) is 2.09. The molecule has 100 valence electrons. The zero-order chi connectivity index (χ0) is 14.2. The van der Waals surface area contributed by atoms with Gasteiger partial charge in [-0.25, -0.2) is 4.79 Å². The largest absolute Gasteiger partial charge is 0.478 e. The van der Waals surface area contributed by atoms with Gasteiger partial charge in [0.2, 0.25) is 5.91 Å². The van der Waals surface area contributed by atoms with Crippen molar-refractivity contribution in [2.75, 3.05) is 29.9 Å². The number of rotatable bonds is 3. The van der Waals surface area contributed by atoms with Crippen molar-refractivity contribution in [2.45, 2.75) is 6.92 Å². The highest BCUT2D eigenvalue weighted by Gasteiger charge is 2.28. The summed E-state index contributed by atoms with van der Waals surface area (Å²) in [5.74, 6) is -1.27. The molecule has 1 heterocycles. The minimum absolute atomic E-state index is 0.0504. The Morgan fingerprint density at radius 1 is 1.32 bits per heavy atom. The summed E-state index contributed by atoms with van der Waals surface area (Å²) in [6.07, 6.45) is 0. The molecule has 1 aromatic carbocycles. The van der Waals surface area contributed by atoms with Crippen LogP contribution in [0.5, 0.6) is 0 Å². The van der Waals surface area contributed by atoms with Crippen molar-refractivity contribution in [1.29, 1.82) is 0 Å². The number of carboxylic acids is 1. The highest BCUT2D eigenvalue weighted by atomic mass is 16.4. The average molecular weight is 262 g/mol. The molecular weight excluding hydrogens is 248 g/mol. The minimum atomic E-state index is -1.05. The minimum Gasteiger partial charge on any atom is -0.478 e. The lowest BCUT2D eigenvalue weighted by Crippen LogP contribution is -2.45. The zero-order valence-electron chi connectivity index (χ0n) is 10.7. The van der Waals surface area contributed by atoms with E-state index < -0.39 is 5.97 Å². The van der Waals surface area contributed by atoms with Gasteiger partial charge in [0.1, 0.15) is 5.78 Å². The maximum Gasteiger partial charge on any atom is 0.335 e. The van der Waals surface area contributed by atoms with Crippen molar-refractivity contribution in [3.63, 3.8) is 0 Å². The van der Waals surface area contributed by atoms with E-state index in [9.17, 15) is 14.4 Å². The molecule has 6 nitrogen and oxygen atoms in total. The zero-order valence-corrected chi connectivity index (χ0v) is 10.7. The molecule has 6 heteroatoms. The summed E-state index contributed by atoms with van der Waals surface area (Å²) in [7, 11) is 1.60. The molecule has 0 aliphatic carbocycles. The number of carbonyl (C=O) groups excluding carboxylic acids is 2. The van der Waals surface area contributed by atoms with Gasteiger partial charge >= 0.3 is 5.97 Å². The molecule has 1 aliphatic rings. The number of hydrogen-bond donors (Lipinski definition) is 1. The number of carbonyl (C=O) groups is 3. The van der Waals surface area contributed by atoms with Crippen LogP contribution in [0.25, 0.3) is 0 Å². The lowest BCUT2D eigenvalue weighted by Gasteiger charge is -2.35. The van der Waals surface area contributed by atoms with Crippen LogP contribution in [-0.4, -0.2) is 42.9 Å². The smallest absolute Gasteiger partial charge is 0.335 e. The van der Waals surface area contributed by atoms with Gasteiger partial charge in [0, 0.05) is 7.05 Å². The summed E-state index contributed by atoms with van der Waals surface area (Å²) in [4.78, 5) is 37.1. The van der Waals surface area contributed by atoms with Crippen LogP contribution in [0.1, 0.15) is 17.3 Å². The Kier molecular flexibility index (Phi) is 3.25. The van der Waals surface area contributed by atoms with Gasteiger partial charge in [-0.05, 0) is 25.1 Å². The number of aromatic carboxylic acids is 1. The van der Waals surface area contributed by atoms with Crippen LogP contribution in [0, 0.1) is 0 Å². The summed E-state index contributed by atoms with van der Waals surface area (Å²) in [6.45, 7) is 1.71. The first-order valence-corrected chi connectivity index (χ1v) is 5.78.